The van der Waals surface area contributed by atoms with Crippen molar-refractivity contribution in [3.05, 3.63) is 59.3 Å². The highest BCUT2D eigenvalue weighted by Crippen LogP contribution is 2.54. The maximum Gasteiger partial charge on any atom is 0.161 e. The molecular weight excluding hydrogens is 302 g/mol. The van der Waals surface area contributed by atoms with E-state index >= 15 is 0 Å². The second-order valence-corrected chi connectivity index (χ2v) is 6.55. The van der Waals surface area contributed by atoms with Crippen molar-refractivity contribution in [1.29, 1.82) is 0 Å². The van der Waals surface area contributed by atoms with Gasteiger partial charge in [-0.1, -0.05) is 18.7 Å². The summed E-state index contributed by atoms with van der Waals surface area (Å²) in [5, 5.41) is 0. The van der Waals surface area contributed by atoms with E-state index in [1.165, 1.54) is 16.7 Å². The summed E-state index contributed by atoms with van der Waals surface area (Å²) < 4.78 is 16.7. The Kier molecular flexibility index (Phi) is 3.46. The van der Waals surface area contributed by atoms with Gasteiger partial charge in [-0.3, -0.25) is 0 Å². The first-order chi connectivity index (χ1) is 11.6. The van der Waals surface area contributed by atoms with Gasteiger partial charge in [-0.2, -0.15) is 0 Å². The molecule has 1 aromatic rings. The molecule has 0 N–H and O–H groups in total. The fourth-order valence-corrected chi connectivity index (χ4v) is 4.41. The number of hydrogen-bond donors (Lipinski definition) is 0. The molecule has 0 bridgehead atoms. The molecule has 4 nitrogen and oxygen atoms in total. The Balaban J connectivity index is 1.94. The van der Waals surface area contributed by atoms with Crippen LogP contribution in [0.2, 0.25) is 0 Å². The van der Waals surface area contributed by atoms with Crippen LogP contribution in [0, 0.1) is 0 Å². The first-order valence-electron chi connectivity index (χ1n) is 8.29. The predicted molar refractivity (Wildman–Crippen MR) is 93.4 cm³/mol. The molecule has 1 spiro atoms. The van der Waals surface area contributed by atoms with Crippen LogP contribution in [-0.2, 0) is 16.7 Å². The van der Waals surface area contributed by atoms with Gasteiger partial charge in [0.05, 0.1) is 25.9 Å². The van der Waals surface area contributed by atoms with Crippen molar-refractivity contribution >= 4 is 0 Å². The molecule has 0 aromatic heterocycles. The minimum Gasteiger partial charge on any atom is -0.493 e. The van der Waals surface area contributed by atoms with Crippen LogP contribution < -0.4 is 9.47 Å². The number of ether oxygens (including phenoxy) is 3. The van der Waals surface area contributed by atoms with Gasteiger partial charge in [-0.25, -0.2) is 0 Å². The molecule has 4 heteroatoms. The first kappa shape index (κ1) is 15.3. The standard InChI is InChI=1S/C20H23NO3/c1-13-9-15-5-6-16(22-2)12-20(15)17-11-19(24-4)18(23-3)10-14(17)7-8-21(13)20/h5-6,9-11,16H,1,7-8,12H2,2-4H3/t16-,20-/m0/s1. The molecule has 2 aliphatic heterocycles. The third-order valence-corrected chi connectivity index (χ3v) is 5.56. The van der Waals surface area contributed by atoms with Gasteiger partial charge in [-0.05, 0) is 41.3 Å². The summed E-state index contributed by atoms with van der Waals surface area (Å²) in [4.78, 5) is 2.42. The molecule has 0 radical (unpaired) electrons. The summed E-state index contributed by atoms with van der Waals surface area (Å²) in [6.45, 7) is 5.23. The van der Waals surface area contributed by atoms with Gasteiger partial charge in [0.1, 0.15) is 0 Å². The number of hydrogen-bond acceptors (Lipinski definition) is 4. The van der Waals surface area contributed by atoms with Crippen LogP contribution in [0.3, 0.4) is 0 Å². The largest absolute Gasteiger partial charge is 0.493 e. The van der Waals surface area contributed by atoms with Crippen molar-refractivity contribution in [3.8, 4) is 11.5 Å². The number of benzene rings is 1. The molecule has 0 saturated heterocycles. The molecule has 0 saturated carbocycles. The summed E-state index contributed by atoms with van der Waals surface area (Å²) in [6, 6.07) is 4.26. The van der Waals surface area contributed by atoms with Gasteiger partial charge in [0, 0.05) is 25.8 Å². The van der Waals surface area contributed by atoms with Crippen molar-refractivity contribution in [2.75, 3.05) is 27.9 Å². The zero-order valence-corrected chi connectivity index (χ0v) is 14.5. The van der Waals surface area contributed by atoms with Gasteiger partial charge in [0.15, 0.2) is 11.5 Å². The molecule has 0 unspecified atom stereocenters. The number of methoxy groups -OCH3 is 3. The van der Waals surface area contributed by atoms with E-state index in [4.69, 9.17) is 14.2 Å². The Morgan fingerprint density at radius 3 is 2.62 bits per heavy atom. The van der Waals surface area contributed by atoms with E-state index in [0.717, 1.165) is 36.6 Å². The molecule has 24 heavy (non-hydrogen) atoms. The van der Waals surface area contributed by atoms with Crippen LogP contribution in [-0.4, -0.2) is 38.9 Å². The molecule has 0 amide bonds. The van der Waals surface area contributed by atoms with Gasteiger partial charge >= 0.3 is 0 Å². The highest BCUT2D eigenvalue weighted by molar-refractivity contribution is 5.60. The molecule has 2 heterocycles. The lowest BCUT2D eigenvalue weighted by molar-refractivity contribution is 0.0627. The van der Waals surface area contributed by atoms with Crippen molar-refractivity contribution in [3.63, 3.8) is 0 Å². The lowest BCUT2D eigenvalue weighted by Crippen LogP contribution is -2.50. The monoisotopic (exact) mass is 325 g/mol. The van der Waals surface area contributed by atoms with Gasteiger partial charge in [0.2, 0.25) is 0 Å². The normalized spacial score (nSPS) is 27.3. The quantitative estimate of drug-likeness (QED) is 0.854. The third-order valence-electron chi connectivity index (χ3n) is 5.56. The van der Waals surface area contributed by atoms with Gasteiger partial charge < -0.3 is 19.1 Å². The van der Waals surface area contributed by atoms with E-state index in [-0.39, 0.29) is 11.6 Å². The van der Waals surface area contributed by atoms with Gasteiger partial charge in [-0.15, -0.1) is 0 Å². The van der Waals surface area contributed by atoms with Crippen LogP contribution >= 0.6 is 0 Å². The second-order valence-electron chi connectivity index (χ2n) is 6.55. The summed E-state index contributed by atoms with van der Waals surface area (Å²) in [5.74, 6) is 1.56. The highest BCUT2D eigenvalue weighted by atomic mass is 16.5. The fraction of sp³-hybridized carbons (Fsp3) is 0.400. The topological polar surface area (TPSA) is 30.9 Å². The van der Waals surface area contributed by atoms with Crippen LogP contribution in [0.25, 0.3) is 0 Å². The second kappa shape index (κ2) is 5.42. The zero-order valence-electron chi connectivity index (χ0n) is 14.5. The zero-order chi connectivity index (χ0) is 16.9. The lowest BCUT2D eigenvalue weighted by Gasteiger charge is -2.49. The molecule has 3 aliphatic rings. The molecule has 4 rings (SSSR count). The Bertz CT molecular complexity index is 764. The van der Waals surface area contributed by atoms with E-state index in [1.54, 1.807) is 21.3 Å². The number of rotatable bonds is 3. The molecular formula is C20H23NO3. The van der Waals surface area contributed by atoms with Gasteiger partial charge in [0.25, 0.3) is 0 Å². The Hall–Kier alpha value is -2.20. The summed E-state index contributed by atoms with van der Waals surface area (Å²) in [5.41, 5.74) is 4.75. The van der Waals surface area contributed by atoms with E-state index in [2.05, 4.69) is 41.8 Å². The summed E-state index contributed by atoms with van der Waals surface area (Å²) >= 11 is 0. The first-order valence-corrected chi connectivity index (χ1v) is 8.29. The summed E-state index contributed by atoms with van der Waals surface area (Å²) in [6.07, 6.45) is 8.48. The smallest absolute Gasteiger partial charge is 0.161 e. The minimum atomic E-state index is -0.209. The van der Waals surface area contributed by atoms with Crippen molar-refractivity contribution in [2.45, 2.75) is 24.5 Å². The Morgan fingerprint density at radius 2 is 1.92 bits per heavy atom. The maximum atomic E-state index is 5.67. The molecule has 126 valence electrons. The van der Waals surface area contributed by atoms with E-state index in [1.807, 2.05) is 0 Å². The average Bonchev–Trinajstić information content (AvgIpc) is 2.91. The van der Waals surface area contributed by atoms with Crippen molar-refractivity contribution in [1.82, 2.24) is 4.90 Å². The Morgan fingerprint density at radius 1 is 1.17 bits per heavy atom. The van der Waals surface area contributed by atoms with E-state index in [9.17, 15) is 0 Å². The van der Waals surface area contributed by atoms with Crippen LogP contribution in [0.5, 0.6) is 11.5 Å². The third kappa shape index (κ3) is 1.89. The SMILES string of the molecule is C=C1C=C2C=C[C@H](OC)C[C@@]23c2cc(OC)c(OC)cc2CCN13. The van der Waals surface area contributed by atoms with E-state index in [0.29, 0.717) is 0 Å². The number of nitrogens with zero attached hydrogens (tertiary/aromatic N) is 1. The van der Waals surface area contributed by atoms with Crippen LogP contribution in [0.4, 0.5) is 0 Å². The highest BCUT2D eigenvalue weighted by Gasteiger charge is 2.51. The number of fused-ring (bicyclic) bond motifs is 1. The average molecular weight is 325 g/mol. The van der Waals surface area contributed by atoms with Crippen molar-refractivity contribution < 1.29 is 14.2 Å². The summed E-state index contributed by atoms with van der Waals surface area (Å²) in [7, 11) is 5.14. The van der Waals surface area contributed by atoms with Crippen LogP contribution in [0.1, 0.15) is 17.5 Å². The molecule has 2 atom stereocenters. The maximum absolute atomic E-state index is 5.67. The van der Waals surface area contributed by atoms with E-state index < -0.39 is 0 Å². The van der Waals surface area contributed by atoms with Crippen molar-refractivity contribution in [2.24, 2.45) is 0 Å². The number of allylic oxidation sites excluding steroid dienone is 1. The Labute approximate surface area is 143 Å². The fourth-order valence-electron chi connectivity index (χ4n) is 4.41. The molecule has 0 fully saturated rings. The molecule has 1 aliphatic carbocycles. The predicted octanol–water partition coefficient (Wildman–Crippen LogP) is 3.19. The molecule has 1 aromatic carbocycles. The van der Waals surface area contributed by atoms with Crippen LogP contribution in [0.15, 0.2) is 48.2 Å². The lowest BCUT2D eigenvalue weighted by atomic mass is 9.71. The minimum absolute atomic E-state index is 0.0922.